The Labute approximate surface area is 235 Å². The van der Waals surface area contributed by atoms with Gasteiger partial charge in [-0.05, 0) is 47.6 Å². The summed E-state index contributed by atoms with van der Waals surface area (Å²) < 4.78 is 0. The summed E-state index contributed by atoms with van der Waals surface area (Å²) >= 11 is 0. The van der Waals surface area contributed by atoms with E-state index in [1.807, 2.05) is 58.3 Å². The number of carbonyl (C=O) groups excluding carboxylic acids is 2. The number of aromatic amines is 1. The zero-order chi connectivity index (χ0) is 28.1. The third-order valence-electron chi connectivity index (χ3n) is 7.32. The summed E-state index contributed by atoms with van der Waals surface area (Å²) in [5, 5.41) is 16.6. The van der Waals surface area contributed by atoms with E-state index >= 15 is 0 Å². The van der Waals surface area contributed by atoms with Crippen molar-refractivity contribution in [3.05, 3.63) is 101 Å². The van der Waals surface area contributed by atoms with Crippen LogP contribution in [0.4, 0.5) is 0 Å². The summed E-state index contributed by atoms with van der Waals surface area (Å²) in [7, 11) is 0. The van der Waals surface area contributed by atoms with Gasteiger partial charge in [0.1, 0.15) is 11.4 Å². The van der Waals surface area contributed by atoms with E-state index < -0.39 is 0 Å². The normalized spacial score (nSPS) is 15.4. The van der Waals surface area contributed by atoms with Crippen molar-refractivity contribution >= 4 is 11.8 Å². The highest BCUT2D eigenvalue weighted by Gasteiger charge is 2.32. The Bertz CT molecular complexity index is 1450. The minimum absolute atomic E-state index is 0.0297. The highest BCUT2D eigenvalue weighted by atomic mass is 16.2. The number of hydrogen-bond donors (Lipinski definition) is 1. The number of carbonyl (C=O) groups is 2. The van der Waals surface area contributed by atoms with Gasteiger partial charge in [0, 0.05) is 38.7 Å². The van der Waals surface area contributed by atoms with E-state index in [-0.39, 0.29) is 17.9 Å². The van der Waals surface area contributed by atoms with Crippen LogP contribution in [0.3, 0.4) is 0 Å². The molecule has 5 rings (SSSR count). The summed E-state index contributed by atoms with van der Waals surface area (Å²) in [4.78, 5) is 29.7. The molecule has 3 heterocycles. The van der Waals surface area contributed by atoms with Gasteiger partial charge < -0.3 is 9.80 Å². The number of amides is 2. The maximum atomic E-state index is 13.7. The highest BCUT2D eigenvalue weighted by Crippen LogP contribution is 2.25. The van der Waals surface area contributed by atoms with E-state index in [0.717, 1.165) is 35.4 Å². The van der Waals surface area contributed by atoms with Crippen LogP contribution in [-0.4, -0.2) is 67.7 Å². The van der Waals surface area contributed by atoms with Crippen molar-refractivity contribution in [1.29, 1.82) is 0 Å². The van der Waals surface area contributed by atoms with Gasteiger partial charge in [0.15, 0.2) is 5.69 Å². The van der Waals surface area contributed by atoms with Crippen LogP contribution in [0.2, 0.25) is 0 Å². The standard InChI is InChI=1S/C32H36N6O2/c1-22(2)16-26-19-30(35-36-31(26)29-20-27(33-34-29)17-24-10-6-4-7-11-24)32(40)37-14-15-38(23(3)39)28(21-37)18-25-12-8-5-9-13-25/h4-13,19-20,22,28H,14-18,21H2,1-3H3,(H,33,34)/t28-/m0/s1. The molecule has 0 bridgehead atoms. The summed E-state index contributed by atoms with van der Waals surface area (Å²) in [6.45, 7) is 7.31. The largest absolute Gasteiger partial charge is 0.336 e. The lowest BCUT2D eigenvalue weighted by Gasteiger charge is -2.41. The quantitative estimate of drug-likeness (QED) is 0.356. The lowest BCUT2D eigenvalue weighted by molar-refractivity contribution is -0.133. The Morgan fingerprint density at radius 2 is 1.65 bits per heavy atom. The van der Waals surface area contributed by atoms with E-state index in [4.69, 9.17) is 0 Å². The van der Waals surface area contributed by atoms with Crippen molar-refractivity contribution in [2.45, 2.75) is 46.1 Å². The van der Waals surface area contributed by atoms with Crippen LogP contribution in [0.1, 0.15) is 53.6 Å². The average Bonchev–Trinajstić information content (AvgIpc) is 3.41. The molecule has 206 valence electrons. The molecule has 0 unspecified atom stereocenters. The molecule has 1 aliphatic rings. The van der Waals surface area contributed by atoms with Gasteiger partial charge in [0.25, 0.3) is 5.91 Å². The molecule has 40 heavy (non-hydrogen) atoms. The zero-order valence-corrected chi connectivity index (χ0v) is 23.4. The molecule has 0 radical (unpaired) electrons. The Morgan fingerprint density at radius 3 is 2.33 bits per heavy atom. The van der Waals surface area contributed by atoms with Crippen LogP contribution < -0.4 is 0 Å². The molecule has 2 aromatic heterocycles. The van der Waals surface area contributed by atoms with Crippen molar-refractivity contribution < 1.29 is 9.59 Å². The van der Waals surface area contributed by atoms with E-state index in [9.17, 15) is 9.59 Å². The second-order valence-corrected chi connectivity index (χ2v) is 10.9. The Hall–Kier alpha value is -4.33. The number of nitrogens with zero attached hydrogens (tertiary/aromatic N) is 5. The minimum Gasteiger partial charge on any atom is -0.336 e. The van der Waals surface area contributed by atoms with Gasteiger partial charge in [0.2, 0.25) is 5.91 Å². The molecule has 4 aromatic rings. The van der Waals surface area contributed by atoms with Crippen LogP contribution in [0.5, 0.6) is 0 Å². The van der Waals surface area contributed by atoms with Crippen molar-refractivity contribution in [1.82, 2.24) is 30.2 Å². The predicted octanol–water partition coefficient (Wildman–Crippen LogP) is 4.57. The van der Waals surface area contributed by atoms with Crippen molar-refractivity contribution in [2.24, 2.45) is 5.92 Å². The molecule has 0 saturated carbocycles. The van der Waals surface area contributed by atoms with Crippen molar-refractivity contribution in [2.75, 3.05) is 19.6 Å². The molecule has 1 N–H and O–H groups in total. The molecular weight excluding hydrogens is 500 g/mol. The van der Waals surface area contributed by atoms with Crippen LogP contribution >= 0.6 is 0 Å². The van der Waals surface area contributed by atoms with Crippen LogP contribution in [0.15, 0.2) is 72.8 Å². The first-order valence-electron chi connectivity index (χ1n) is 13.9. The first-order valence-corrected chi connectivity index (χ1v) is 13.9. The Balaban J connectivity index is 1.36. The molecule has 2 amide bonds. The number of piperazine rings is 1. The van der Waals surface area contributed by atoms with E-state index in [0.29, 0.717) is 43.4 Å². The molecule has 1 fully saturated rings. The van der Waals surface area contributed by atoms with E-state index in [1.165, 1.54) is 5.56 Å². The van der Waals surface area contributed by atoms with Crippen LogP contribution in [-0.2, 0) is 24.1 Å². The third kappa shape index (κ3) is 6.45. The van der Waals surface area contributed by atoms with Gasteiger partial charge in [-0.25, -0.2) is 0 Å². The van der Waals surface area contributed by atoms with Gasteiger partial charge in [-0.3, -0.25) is 14.7 Å². The minimum atomic E-state index is -0.155. The number of aromatic nitrogens is 4. The summed E-state index contributed by atoms with van der Waals surface area (Å²) in [5.74, 6) is 0.238. The van der Waals surface area contributed by atoms with Gasteiger partial charge in [0.05, 0.1) is 6.04 Å². The zero-order valence-electron chi connectivity index (χ0n) is 23.4. The number of hydrogen-bond acceptors (Lipinski definition) is 5. The fourth-order valence-electron chi connectivity index (χ4n) is 5.41. The summed E-state index contributed by atoms with van der Waals surface area (Å²) in [6, 6.07) is 24.1. The monoisotopic (exact) mass is 536 g/mol. The number of rotatable bonds is 8. The summed E-state index contributed by atoms with van der Waals surface area (Å²) in [5.41, 5.74) is 6.04. The first-order chi connectivity index (χ1) is 19.4. The van der Waals surface area contributed by atoms with E-state index in [1.54, 1.807) is 6.92 Å². The van der Waals surface area contributed by atoms with Crippen LogP contribution in [0, 0.1) is 5.92 Å². The molecule has 1 aliphatic heterocycles. The molecule has 1 saturated heterocycles. The number of nitrogens with one attached hydrogen (secondary N) is 1. The average molecular weight is 537 g/mol. The molecule has 1 atom stereocenters. The lowest BCUT2D eigenvalue weighted by Crippen LogP contribution is -2.57. The molecular formula is C32H36N6O2. The van der Waals surface area contributed by atoms with Crippen molar-refractivity contribution in [3.8, 4) is 11.4 Å². The Kier molecular flexibility index (Phi) is 8.34. The maximum Gasteiger partial charge on any atom is 0.274 e. The predicted molar refractivity (Wildman–Crippen MR) is 155 cm³/mol. The SMILES string of the molecule is CC(=O)N1CCN(C(=O)c2cc(CC(C)C)c(-c3cc(Cc4ccccc4)[nH]n3)nn2)C[C@@H]1Cc1ccccc1. The second-order valence-electron chi connectivity index (χ2n) is 10.9. The van der Waals surface area contributed by atoms with E-state index in [2.05, 4.69) is 58.5 Å². The molecule has 8 heteroatoms. The maximum absolute atomic E-state index is 13.7. The number of H-pyrrole nitrogens is 1. The molecule has 0 spiro atoms. The Morgan fingerprint density at radius 1 is 0.950 bits per heavy atom. The van der Waals surface area contributed by atoms with Gasteiger partial charge >= 0.3 is 0 Å². The molecule has 8 nitrogen and oxygen atoms in total. The third-order valence-corrected chi connectivity index (χ3v) is 7.32. The molecule has 2 aromatic carbocycles. The smallest absolute Gasteiger partial charge is 0.274 e. The van der Waals surface area contributed by atoms with Gasteiger partial charge in [-0.2, -0.15) is 5.10 Å². The van der Waals surface area contributed by atoms with Crippen molar-refractivity contribution in [3.63, 3.8) is 0 Å². The molecule has 0 aliphatic carbocycles. The van der Waals surface area contributed by atoms with Gasteiger partial charge in [-0.1, -0.05) is 74.5 Å². The highest BCUT2D eigenvalue weighted by molar-refractivity contribution is 5.93. The van der Waals surface area contributed by atoms with Crippen LogP contribution in [0.25, 0.3) is 11.4 Å². The number of benzene rings is 2. The fraction of sp³-hybridized carbons (Fsp3) is 0.344. The van der Waals surface area contributed by atoms with Gasteiger partial charge in [-0.15, -0.1) is 10.2 Å². The first kappa shape index (κ1) is 27.2. The second kappa shape index (κ2) is 12.2. The fourth-order valence-corrected chi connectivity index (χ4v) is 5.41. The topological polar surface area (TPSA) is 95.1 Å². The summed E-state index contributed by atoms with van der Waals surface area (Å²) in [6.07, 6.45) is 2.19. The lowest BCUT2D eigenvalue weighted by atomic mass is 9.99.